The molecule has 16 heavy (non-hydrogen) atoms. The highest BCUT2D eigenvalue weighted by atomic mass is 16.5. The van der Waals surface area contributed by atoms with E-state index in [-0.39, 0.29) is 12.0 Å². The highest BCUT2D eigenvalue weighted by molar-refractivity contribution is 5.93. The van der Waals surface area contributed by atoms with Gasteiger partial charge in [-0.25, -0.2) is 0 Å². The van der Waals surface area contributed by atoms with Crippen molar-refractivity contribution in [3.8, 4) is 0 Å². The molecule has 0 aromatic rings. The average Bonchev–Trinajstić information content (AvgIpc) is 2.29. The molecule has 4 heteroatoms. The minimum Gasteiger partial charge on any atom is -0.498 e. The minimum atomic E-state index is -0.321. The fraction of sp³-hybridized carbons (Fsp3) is 0.750. The molecule has 4 nitrogen and oxygen atoms in total. The molecule has 0 aromatic carbocycles. The van der Waals surface area contributed by atoms with Gasteiger partial charge in [-0.15, -0.1) is 0 Å². The largest absolute Gasteiger partial charge is 0.498 e. The Morgan fingerprint density at radius 2 is 2.38 bits per heavy atom. The van der Waals surface area contributed by atoms with Crippen molar-refractivity contribution >= 4 is 5.91 Å². The molecule has 0 saturated carbocycles. The van der Waals surface area contributed by atoms with Gasteiger partial charge in [-0.3, -0.25) is 4.79 Å². The van der Waals surface area contributed by atoms with Gasteiger partial charge in [0, 0.05) is 6.54 Å². The molecule has 1 atom stereocenters. The SMILES string of the molecule is CCC(O)CCNC(=O)C1=C(C)OCCC1. The van der Waals surface area contributed by atoms with Crippen molar-refractivity contribution in [2.24, 2.45) is 0 Å². The van der Waals surface area contributed by atoms with Crippen LogP contribution in [0.5, 0.6) is 0 Å². The molecule has 1 unspecified atom stereocenters. The van der Waals surface area contributed by atoms with Crippen LogP contribution in [-0.4, -0.2) is 30.3 Å². The van der Waals surface area contributed by atoms with E-state index < -0.39 is 0 Å². The third-order valence-corrected chi connectivity index (χ3v) is 2.82. The second kappa shape index (κ2) is 6.53. The smallest absolute Gasteiger partial charge is 0.250 e. The molecular formula is C12H21NO3. The van der Waals surface area contributed by atoms with E-state index in [1.54, 1.807) is 0 Å². The van der Waals surface area contributed by atoms with E-state index in [1.165, 1.54) is 0 Å². The lowest BCUT2D eigenvalue weighted by Crippen LogP contribution is -2.30. The Hall–Kier alpha value is -1.03. The number of carbonyl (C=O) groups is 1. The first kappa shape index (κ1) is 13.0. The molecule has 0 aromatic heterocycles. The Morgan fingerprint density at radius 3 is 3.00 bits per heavy atom. The molecule has 1 amide bonds. The summed E-state index contributed by atoms with van der Waals surface area (Å²) in [6, 6.07) is 0. The van der Waals surface area contributed by atoms with Crippen LogP contribution in [0.25, 0.3) is 0 Å². The number of amides is 1. The van der Waals surface area contributed by atoms with E-state index in [2.05, 4.69) is 5.32 Å². The lowest BCUT2D eigenvalue weighted by molar-refractivity contribution is -0.118. The molecule has 1 heterocycles. The van der Waals surface area contributed by atoms with Crippen LogP contribution in [0.1, 0.15) is 39.5 Å². The molecule has 1 aliphatic rings. The number of hydrogen-bond acceptors (Lipinski definition) is 3. The lowest BCUT2D eigenvalue weighted by Gasteiger charge is -2.18. The van der Waals surface area contributed by atoms with Crippen LogP contribution in [0.3, 0.4) is 0 Å². The Bertz CT molecular complexity index is 273. The van der Waals surface area contributed by atoms with E-state index in [1.807, 2.05) is 13.8 Å². The quantitative estimate of drug-likeness (QED) is 0.745. The first-order valence-electron chi connectivity index (χ1n) is 5.94. The predicted octanol–water partition coefficient (Wildman–Crippen LogP) is 1.35. The van der Waals surface area contributed by atoms with Crippen LogP contribution in [0.2, 0.25) is 0 Å². The van der Waals surface area contributed by atoms with Gasteiger partial charge in [0.2, 0.25) is 0 Å². The maximum Gasteiger partial charge on any atom is 0.250 e. The van der Waals surface area contributed by atoms with Gasteiger partial charge < -0.3 is 15.2 Å². The van der Waals surface area contributed by atoms with E-state index in [4.69, 9.17) is 4.74 Å². The van der Waals surface area contributed by atoms with Gasteiger partial charge in [-0.1, -0.05) is 6.92 Å². The number of aliphatic hydroxyl groups is 1. The zero-order chi connectivity index (χ0) is 12.0. The van der Waals surface area contributed by atoms with Crippen LogP contribution in [0.15, 0.2) is 11.3 Å². The van der Waals surface area contributed by atoms with Gasteiger partial charge in [-0.05, 0) is 32.6 Å². The number of ether oxygens (including phenoxy) is 1. The first-order valence-corrected chi connectivity index (χ1v) is 5.94. The summed E-state index contributed by atoms with van der Waals surface area (Å²) in [5.74, 6) is 0.681. The molecule has 92 valence electrons. The highest BCUT2D eigenvalue weighted by Crippen LogP contribution is 2.18. The summed E-state index contributed by atoms with van der Waals surface area (Å²) in [7, 11) is 0. The molecule has 1 aliphatic heterocycles. The van der Waals surface area contributed by atoms with Gasteiger partial charge in [0.05, 0.1) is 18.3 Å². The van der Waals surface area contributed by atoms with E-state index in [0.29, 0.717) is 19.6 Å². The van der Waals surface area contributed by atoms with Gasteiger partial charge in [-0.2, -0.15) is 0 Å². The first-order chi connectivity index (χ1) is 7.65. The number of rotatable bonds is 5. The van der Waals surface area contributed by atoms with E-state index >= 15 is 0 Å². The Balaban J connectivity index is 2.34. The van der Waals surface area contributed by atoms with Crippen molar-refractivity contribution in [3.05, 3.63) is 11.3 Å². The molecule has 0 radical (unpaired) electrons. The van der Waals surface area contributed by atoms with Crippen LogP contribution in [0.4, 0.5) is 0 Å². The molecular weight excluding hydrogens is 206 g/mol. The summed E-state index contributed by atoms with van der Waals surface area (Å²) in [6.45, 7) is 4.98. The highest BCUT2D eigenvalue weighted by Gasteiger charge is 2.17. The second-order valence-electron chi connectivity index (χ2n) is 4.09. The molecule has 0 spiro atoms. The molecule has 0 fully saturated rings. The number of aliphatic hydroxyl groups excluding tert-OH is 1. The lowest BCUT2D eigenvalue weighted by atomic mass is 10.1. The zero-order valence-corrected chi connectivity index (χ0v) is 10.1. The topological polar surface area (TPSA) is 58.6 Å². The monoisotopic (exact) mass is 227 g/mol. The van der Waals surface area contributed by atoms with E-state index in [9.17, 15) is 9.90 Å². The number of allylic oxidation sites excluding steroid dienone is 1. The summed E-state index contributed by atoms with van der Waals surface area (Å²) in [6.07, 6.45) is 2.69. The van der Waals surface area contributed by atoms with Crippen LogP contribution < -0.4 is 5.32 Å². The summed E-state index contributed by atoms with van der Waals surface area (Å²) < 4.78 is 5.33. The molecule has 2 N–H and O–H groups in total. The number of nitrogens with one attached hydrogen (secondary N) is 1. The van der Waals surface area contributed by atoms with Crippen molar-refractivity contribution in [1.82, 2.24) is 5.32 Å². The minimum absolute atomic E-state index is 0.0551. The fourth-order valence-corrected chi connectivity index (χ4v) is 1.67. The van der Waals surface area contributed by atoms with E-state index in [0.717, 1.165) is 30.6 Å². The summed E-state index contributed by atoms with van der Waals surface area (Å²) in [4.78, 5) is 11.7. The third-order valence-electron chi connectivity index (χ3n) is 2.82. The molecule has 0 bridgehead atoms. The zero-order valence-electron chi connectivity index (χ0n) is 10.1. The normalized spacial score (nSPS) is 17.9. The standard InChI is InChI=1S/C12H21NO3/c1-3-10(14)6-7-13-12(15)11-5-4-8-16-9(11)2/h10,14H,3-8H2,1-2H3,(H,13,15). The molecule has 0 saturated heterocycles. The summed E-state index contributed by atoms with van der Waals surface area (Å²) in [5.41, 5.74) is 0.747. The Morgan fingerprint density at radius 1 is 1.62 bits per heavy atom. The molecule has 1 rings (SSSR count). The summed E-state index contributed by atoms with van der Waals surface area (Å²) >= 11 is 0. The molecule has 0 aliphatic carbocycles. The maximum absolute atomic E-state index is 11.7. The summed E-state index contributed by atoms with van der Waals surface area (Å²) in [5, 5.41) is 12.2. The van der Waals surface area contributed by atoms with Crippen LogP contribution >= 0.6 is 0 Å². The third kappa shape index (κ3) is 3.85. The van der Waals surface area contributed by atoms with Crippen molar-refractivity contribution < 1.29 is 14.6 Å². The van der Waals surface area contributed by atoms with Gasteiger partial charge in [0.25, 0.3) is 5.91 Å². The number of carbonyl (C=O) groups excluding carboxylic acids is 1. The number of hydrogen-bond donors (Lipinski definition) is 2. The maximum atomic E-state index is 11.7. The predicted molar refractivity (Wildman–Crippen MR) is 61.8 cm³/mol. The fourth-order valence-electron chi connectivity index (χ4n) is 1.67. The van der Waals surface area contributed by atoms with Crippen molar-refractivity contribution in [3.63, 3.8) is 0 Å². The second-order valence-corrected chi connectivity index (χ2v) is 4.09. The Kier molecular flexibility index (Phi) is 5.32. The van der Waals surface area contributed by atoms with Gasteiger partial charge >= 0.3 is 0 Å². The van der Waals surface area contributed by atoms with Crippen molar-refractivity contribution in [2.75, 3.05) is 13.2 Å². The average molecular weight is 227 g/mol. The van der Waals surface area contributed by atoms with Crippen molar-refractivity contribution in [1.29, 1.82) is 0 Å². The van der Waals surface area contributed by atoms with Crippen molar-refractivity contribution in [2.45, 2.75) is 45.6 Å². The van der Waals surface area contributed by atoms with Crippen LogP contribution in [-0.2, 0) is 9.53 Å². The van der Waals surface area contributed by atoms with Gasteiger partial charge in [0.15, 0.2) is 0 Å². The Labute approximate surface area is 96.7 Å². The van der Waals surface area contributed by atoms with Gasteiger partial charge in [0.1, 0.15) is 5.76 Å². The van der Waals surface area contributed by atoms with Crippen LogP contribution in [0, 0.1) is 0 Å².